The Labute approximate surface area is 83.7 Å². The monoisotopic (exact) mass is 192 g/mol. The van der Waals surface area contributed by atoms with Crippen molar-refractivity contribution in [3.63, 3.8) is 0 Å². The summed E-state index contributed by atoms with van der Waals surface area (Å²) in [5, 5.41) is 11.0. The van der Waals surface area contributed by atoms with Crippen LogP contribution in [0.4, 0.5) is 0 Å². The van der Waals surface area contributed by atoms with Crippen LogP contribution in [0.2, 0.25) is 0 Å². The summed E-state index contributed by atoms with van der Waals surface area (Å²) in [4.78, 5) is 2.38. The number of likely N-dealkylation sites (tertiary alicyclic amines) is 1. The number of nitrogens with zero attached hydrogens (tertiary/aromatic N) is 2. The van der Waals surface area contributed by atoms with Crippen molar-refractivity contribution in [2.75, 3.05) is 20.1 Å². The zero-order valence-electron chi connectivity index (χ0n) is 8.51. The summed E-state index contributed by atoms with van der Waals surface area (Å²) in [7, 11) is 2.19. The van der Waals surface area contributed by atoms with Gasteiger partial charge in [0.15, 0.2) is 0 Å². The standard InChI is InChI=1S/C10H16N4/c1-14-3-2-7(6-14)10-8-4-11-5-9(8)12-13-10/h7,11H,2-6H2,1H3,(H,12,13). The van der Waals surface area contributed by atoms with Crippen molar-refractivity contribution in [3.8, 4) is 0 Å². The van der Waals surface area contributed by atoms with Crippen molar-refractivity contribution in [1.29, 1.82) is 0 Å². The van der Waals surface area contributed by atoms with E-state index in [9.17, 15) is 0 Å². The Kier molecular flexibility index (Phi) is 1.85. The normalized spacial score (nSPS) is 27.1. The summed E-state index contributed by atoms with van der Waals surface area (Å²) in [6.07, 6.45) is 1.26. The molecule has 1 fully saturated rings. The zero-order chi connectivity index (χ0) is 9.54. The first-order valence-electron chi connectivity index (χ1n) is 5.30. The Balaban J connectivity index is 1.89. The highest BCUT2D eigenvalue weighted by atomic mass is 15.2. The third kappa shape index (κ3) is 1.18. The quantitative estimate of drug-likeness (QED) is 0.678. The van der Waals surface area contributed by atoms with Crippen molar-refractivity contribution >= 4 is 0 Å². The number of hydrogen-bond acceptors (Lipinski definition) is 3. The molecule has 3 rings (SSSR count). The fraction of sp³-hybridized carbons (Fsp3) is 0.700. The van der Waals surface area contributed by atoms with Gasteiger partial charge in [-0.15, -0.1) is 0 Å². The van der Waals surface area contributed by atoms with E-state index in [-0.39, 0.29) is 0 Å². The third-order valence-electron chi connectivity index (χ3n) is 3.37. The van der Waals surface area contributed by atoms with Crippen LogP contribution in [0.25, 0.3) is 0 Å². The van der Waals surface area contributed by atoms with Crippen LogP contribution in [-0.2, 0) is 13.1 Å². The van der Waals surface area contributed by atoms with E-state index < -0.39 is 0 Å². The van der Waals surface area contributed by atoms with Gasteiger partial charge in [0.2, 0.25) is 0 Å². The number of aromatic amines is 1. The van der Waals surface area contributed by atoms with Crippen LogP contribution in [0, 0.1) is 0 Å². The second-order valence-corrected chi connectivity index (χ2v) is 4.42. The van der Waals surface area contributed by atoms with Gasteiger partial charge in [-0.05, 0) is 20.0 Å². The van der Waals surface area contributed by atoms with Crippen LogP contribution in [0.1, 0.15) is 29.3 Å². The lowest BCUT2D eigenvalue weighted by atomic mass is 10.0. The zero-order valence-corrected chi connectivity index (χ0v) is 8.51. The molecule has 0 radical (unpaired) electrons. The van der Waals surface area contributed by atoms with E-state index in [4.69, 9.17) is 0 Å². The number of likely N-dealkylation sites (N-methyl/N-ethyl adjacent to an activating group) is 1. The fourth-order valence-corrected chi connectivity index (χ4v) is 2.57. The smallest absolute Gasteiger partial charge is 0.0714 e. The molecule has 0 saturated carbocycles. The first kappa shape index (κ1) is 8.44. The molecule has 0 amide bonds. The van der Waals surface area contributed by atoms with E-state index in [1.54, 1.807) is 0 Å². The number of nitrogens with one attached hydrogen (secondary N) is 2. The third-order valence-corrected chi connectivity index (χ3v) is 3.37. The predicted molar refractivity (Wildman–Crippen MR) is 54.0 cm³/mol. The average molecular weight is 192 g/mol. The molecule has 2 N–H and O–H groups in total. The number of aromatic nitrogens is 2. The van der Waals surface area contributed by atoms with Crippen molar-refractivity contribution in [2.24, 2.45) is 0 Å². The highest BCUT2D eigenvalue weighted by Crippen LogP contribution is 2.30. The van der Waals surface area contributed by atoms with Crippen molar-refractivity contribution < 1.29 is 0 Å². The minimum absolute atomic E-state index is 0.653. The second-order valence-electron chi connectivity index (χ2n) is 4.42. The van der Waals surface area contributed by atoms with Gasteiger partial charge in [-0.1, -0.05) is 0 Å². The maximum Gasteiger partial charge on any atom is 0.0714 e. The molecule has 1 aromatic heterocycles. The lowest BCUT2D eigenvalue weighted by Crippen LogP contribution is -2.14. The molecule has 1 atom stereocenters. The molecule has 2 aliphatic rings. The molecule has 0 bridgehead atoms. The highest BCUT2D eigenvalue weighted by molar-refractivity contribution is 5.31. The molecular formula is C10H16N4. The Morgan fingerprint density at radius 3 is 3.14 bits per heavy atom. The molecule has 1 aromatic rings. The summed E-state index contributed by atoms with van der Waals surface area (Å²) in [6.45, 7) is 4.34. The topological polar surface area (TPSA) is 44.0 Å². The average Bonchev–Trinajstić information content (AvgIpc) is 2.77. The van der Waals surface area contributed by atoms with Gasteiger partial charge < -0.3 is 10.2 Å². The second kappa shape index (κ2) is 3.07. The predicted octanol–water partition coefficient (Wildman–Crippen LogP) is 0.432. The van der Waals surface area contributed by atoms with Gasteiger partial charge in [0.25, 0.3) is 0 Å². The van der Waals surface area contributed by atoms with E-state index >= 15 is 0 Å². The summed E-state index contributed by atoms with van der Waals surface area (Å²) < 4.78 is 0. The summed E-state index contributed by atoms with van der Waals surface area (Å²) >= 11 is 0. The SMILES string of the molecule is CN1CCC(c2n[nH]c3c2CNC3)C1. The molecule has 1 saturated heterocycles. The fourth-order valence-electron chi connectivity index (χ4n) is 2.57. The van der Waals surface area contributed by atoms with Gasteiger partial charge in [0.1, 0.15) is 0 Å². The Morgan fingerprint density at radius 2 is 2.36 bits per heavy atom. The first-order chi connectivity index (χ1) is 6.84. The maximum absolute atomic E-state index is 4.46. The number of H-pyrrole nitrogens is 1. The van der Waals surface area contributed by atoms with E-state index in [0.717, 1.165) is 19.6 Å². The van der Waals surface area contributed by atoms with Gasteiger partial charge >= 0.3 is 0 Å². The Morgan fingerprint density at radius 1 is 1.43 bits per heavy atom. The van der Waals surface area contributed by atoms with Gasteiger partial charge in [-0.25, -0.2) is 0 Å². The molecular weight excluding hydrogens is 176 g/mol. The van der Waals surface area contributed by atoms with Crippen LogP contribution in [0.3, 0.4) is 0 Å². The number of hydrogen-bond donors (Lipinski definition) is 2. The van der Waals surface area contributed by atoms with Crippen molar-refractivity contribution in [2.45, 2.75) is 25.4 Å². The largest absolute Gasteiger partial charge is 0.307 e. The van der Waals surface area contributed by atoms with Gasteiger partial charge in [-0.3, -0.25) is 5.10 Å². The van der Waals surface area contributed by atoms with Crippen molar-refractivity contribution in [1.82, 2.24) is 20.4 Å². The van der Waals surface area contributed by atoms with Crippen LogP contribution in [0.15, 0.2) is 0 Å². The maximum atomic E-state index is 4.46. The van der Waals surface area contributed by atoms with Gasteiger partial charge in [-0.2, -0.15) is 5.10 Å². The van der Waals surface area contributed by atoms with Crippen LogP contribution in [-0.4, -0.2) is 35.2 Å². The van der Waals surface area contributed by atoms with E-state index in [1.165, 1.54) is 29.9 Å². The minimum Gasteiger partial charge on any atom is -0.307 e. The molecule has 2 aliphatic heterocycles. The summed E-state index contributed by atoms with van der Waals surface area (Å²) in [5.41, 5.74) is 4.05. The minimum atomic E-state index is 0.653. The number of fused-ring (bicyclic) bond motifs is 1. The van der Waals surface area contributed by atoms with Crippen LogP contribution < -0.4 is 5.32 Å². The van der Waals surface area contributed by atoms with Crippen molar-refractivity contribution in [3.05, 3.63) is 17.0 Å². The molecule has 76 valence electrons. The Bertz CT molecular complexity index is 344. The molecule has 14 heavy (non-hydrogen) atoms. The Hall–Kier alpha value is -0.870. The molecule has 3 heterocycles. The molecule has 1 unspecified atom stereocenters. The summed E-state index contributed by atoms with van der Waals surface area (Å²) in [5.74, 6) is 0.653. The van der Waals surface area contributed by atoms with E-state index in [2.05, 4.69) is 27.5 Å². The van der Waals surface area contributed by atoms with Gasteiger partial charge in [0, 0.05) is 31.1 Å². The molecule has 4 nitrogen and oxygen atoms in total. The molecule has 0 aliphatic carbocycles. The molecule has 0 spiro atoms. The molecule has 4 heteroatoms. The van der Waals surface area contributed by atoms with Crippen LogP contribution >= 0.6 is 0 Å². The van der Waals surface area contributed by atoms with E-state index in [0.29, 0.717) is 5.92 Å². The lowest BCUT2D eigenvalue weighted by Gasteiger charge is -2.08. The lowest BCUT2D eigenvalue weighted by molar-refractivity contribution is 0.410. The molecule has 0 aromatic carbocycles. The summed E-state index contributed by atoms with van der Waals surface area (Å²) in [6, 6.07) is 0. The van der Waals surface area contributed by atoms with Gasteiger partial charge in [0.05, 0.1) is 11.4 Å². The highest BCUT2D eigenvalue weighted by Gasteiger charge is 2.28. The van der Waals surface area contributed by atoms with E-state index in [1.807, 2.05) is 0 Å². The van der Waals surface area contributed by atoms with Crippen LogP contribution in [0.5, 0.6) is 0 Å². The first-order valence-corrected chi connectivity index (χ1v) is 5.30. The number of rotatable bonds is 1.